The molecule has 0 atom stereocenters. The maximum atomic E-state index is 13.4. The normalized spacial score (nSPS) is 10.8. The van der Waals surface area contributed by atoms with Gasteiger partial charge in [-0.05, 0) is 41.8 Å². The quantitative estimate of drug-likeness (QED) is 0.482. The van der Waals surface area contributed by atoms with Crippen molar-refractivity contribution in [2.24, 2.45) is 0 Å². The number of nitrogens with one attached hydrogen (secondary N) is 2. The molecule has 2 aromatic carbocycles. The van der Waals surface area contributed by atoms with Crippen molar-refractivity contribution in [3.8, 4) is 0 Å². The molecule has 2 amide bonds. The summed E-state index contributed by atoms with van der Waals surface area (Å²) in [6, 6.07) is 13.4. The number of anilines is 2. The molecule has 4 aromatic rings. The average Bonchev–Trinajstić information content (AvgIpc) is 3.27. The van der Waals surface area contributed by atoms with Gasteiger partial charge in [-0.1, -0.05) is 29.8 Å². The van der Waals surface area contributed by atoms with Gasteiger partial charge in [0.1, 0.15) is 10.6 Å². The minimum absolute atomic E-state index is 0.151. The largest absolute Gasteiger partial charge is 0.347 e. The number of hydrogen-bond donors (Lipinski definition) is 2. The van der Waals surface area contributed by atoms with E-state index in [1.54, 1.807) is 35.7 Å². The van der Waals surface area contributed by atoms with Gasteiger partial charge in [-0.2, -0.15) is 4.68 Å². The lowest BCUT2D eigenvalue weighted by atomic mass is 10.2. The van der Waals surface area contributed by atoms with E-state index in [0.717, 1.165) is 10.7 Å². The molecule has 0 aliphatic carbocycles. The summed E-state index contributed by atoms with van der Waals surface area (Å²) in [5, 5.41) is 12.3. The summed E-state index contributed by atoms with van der Waals surface area (Å²) < 4.78 is 14.5. The molecule has 0 aliphatic rings. The van der Waals surface area contributed by atoms with Crippen LogP contribution in [0.15, 0.2) is 60.0 Å². The number of thiophene rings is 1. The number of amides is 2. The number of carbonyl (C=O) groups is 2. The molecule has 140 valence electrons. The Labute approximate surface area is 167 Å². The molecular formula is C19H12ClFN4O2S. The van der Waals surface area contributed by atoms with Gasteiger partial charge in [-0.15, -0.1) is 16.4 Å². The molecular weight excluding hydrogens is 403 g/mol. The van der Waals surface area contributed by atoms with Gasteiger partial charge in [0.15, 0.2) is 5.82 Å². The predicted molar refractivity (Wildman–Crippen MR) is 108 cm³/mol. The SMILES string of the molecule is O=C(Nc1nn(C(=O)Nc2ccccc2Cl)c2sccc12)c1cccc(F)c1. The van der Waals surface area contributed by atoms with Crippen molar-refractivity contribution in [2.75, 3.05) is 10.6 Å². The Morgan fingerprint density at radius 3 is 2.68 bits per heavy atom. The predicted octanol–water partition coefficient (Wildman–Crippen LogP) is 5.22. The van der Waals surface area contributed by atoms with Gasteiger partial charge >= 0.3 is 6.03 Å². The molecule has 2 heterocycles. The molecule has 0 bridgehead atoms. The number of aromatic nitrogens is 2. The van der Waals surface area contributed by atoms with E-state index in [1.807, 2.05) is 0 Å². The van der Waals surface area contributed by atoms with Gasteiger partial charge in [-0.25, -0.2) is 9.18 Å². The highest BCUT2D eigenvalue weighted by Crippen LogP contribution is 2.29. The van der Waals surface area contributed by atoms with Crippen molar-refractivity contribution in [3.63, 3.8) is 0 Å². The third-order valence-electron chi connectivity index (χ3n) is 3.92. The first-order valence-electron chi connectivity index (χ1n) is 8.12. The lowest BCUT2D eigenvalue weighted by Crippen LogP contribution is -2.21. The maximum absolute atomic E-state index is 13.4. The summed E-state index contributed by atoms with van der Waals surface area (Å²) in [6.45, 7) is 0. The van der Waals surface area contributed by atoms with Crippen molar-refractivity contribution in [2.45, 2.75) is 0 Å². The van der Waals surface area contributed by atoms with E-state index in [0.29, 0.717) is 20.9 Å². The van der Waals surface area contributed by atoms with E-state index in [1.165, 1.54) is 29.5 Å². The van der Waals surface area contributed by atoms with Crippen molar-refractivity contribution >= 4 is 56.6 Å². The van der Waals surface area contributed by atoms with Crippen LogP contribution in [0.25, 0.3) is 10.2 Å². The Morgan fingerprint density at radius 1 is 1.07 bits per heavy atom. The maximum Gasteiger partial charge on any atom is 0.347 e. The Kier molecular flexibility index (Phi) is 4.81. The van der Waals surface area contributed by atoms with E-state index in [2.05, 4.69) is 15.7 Å². The Bertz CT molecular complexity index is 1200. The first-order valence-corrected chi connectivity index (χ1v) is 9.38. The van der Waals surface area contributed by atoms with Gasteiger partial charge in [0.05, 0.1) is 16.1 Å². The minimum Gasteiger partial charge on any atom is -0.305 e. The number of para-hydroxylation sites is 1. The van der Waals surface area contributed by atoms with Gasteiger partial charge < -0.3 is 10.6 Å². The Hall–Kier alpha value is -3.23. The third-order valence-corrected chi connectivity index (χ3v) is 5.14. The summed E-state index contributed by atoms with van der Waals surface area (Å²) in [6.07, 6.45) is 0. The van der Waals surface area contributed by atoms with Crippen LogP contribution in [0, 0.1) is 5.82 Å². The first-order chi connectivity index (χ1) is 13.5. The van der Waals surface area contributed by atoms with Gasteiger partial charge in [-0.3, -0.25) is 4.79 Å². The molecule has 2 N–H and O–H groups in total. The molecule has 0 fully saturated rings. The van der Waals surface area contributed by atoms with Crippen molar-refractivity contribution in [3.05, 3.63) is 76.4 Å². The van der Waals surface area contributed by atoms with E-state index in [4.69, 9.17) is 11.6 Å². The second-order valence-corrected chi connectivity index (χ2v) is 7.08. The molecule has 28 heavy (non-hydrogen) atoms. The standard InChI is InChI=1S/C19H12ClFN4O2S/c20-14-6-1-2-7-15(14)22-19(27)25-18-13(8-9-28-18)16(24-25)23-17(26)11-4-3-5-12(21)10-11/h1-10H,(H,22,27)(H,23,24,26). The molecule has 0 unspecified atom stereocenters. The molecule has 6 nitrogen and oxygen atoms in total. The Morgan fingerprint density at radius 2 is 1.89 bits per heavy atom. The summed E-state index contributed by atoms with van der Waals surface area (Å²) in [7, 11) is 0. The first kappa shape index (κ1) is 18.1. The van der Waals surface area contributed by atoms with Crippen LogP contribution < -0.4 is 10.6 Å². The fraction of sp³-hybridized carbons (Fsp3) is 0. The van der Waals surface area contributed by atoms with E-state index in [9.17, 15) is 14.0 Å². The fourth-order valence-corrected chi connectivity index (χ4v) is 3.65. The van der Waals surface area contributed by atoms with Gasteiger partial charge in [0, 0.05) is 5.56 Å². The molecule has 0 aliphatic heterocycles. The lowest BCUT2D eigenvalue weighted by molar-refractivity contribution is 0.102. The van der Waals surface area contributed by atoms with Crippen molar-refractivity contribution < 1.29 is 14.0 Å². The number of nitrogens with zero attached hydrogens (tertiary/aromatic N) is 2. The summed E-state index contributed by atoms with van der Waals surface area (Å²) in [5.41, 5.74) is 0.596. The van der Waals surface area contributed by atoms with Crippen LogP contribution >= 0.6 is 22.9 Å². The van der Waals surface area contributed by atoms with E-state index in [-0.39, 0.29) is 11.4 Å². The number of fused-ring (bicyclic) bond motifs is 1. The van der Waals surface area contributed by atoms with E-state index >= 15 is 0 Å². The smallest absolute Gasteiger partial charge is 0.305 e. The van der Waals surface area contributed by atoms with Gasteiger partial charge in [0.2, 0.25) is 0 Å². The summed E-state index contributed by atoms with van der Waals surface area (Å²) in [4.78, 5) is 25.6. The molecule has 0 radical (unpaired) electrons. The monoisotopic (exact) mass is 414 g/mol. The van der Waals surface area contributed by atoms with Crippen LogP contribution in [0.1, 0.15) is 10.4 Å². The number of carbonyl (C=O) groups excluding carboxylic acids is 2. The second kappa shape index (κ2) is 7.41. The fourth-order valence-electron chi connectivity index (χ4n) is 2.61. The van der Waals surface area contributed by atoms with Crippen LogP contribution in [-0.4, -0.2) is 21.7 Å². The van der Waals surface area contributed by atoms with Crippen LogP contribution in [0.5, 0.6) is 0 Å². The lowest BCUT2D eigenvalue weighted by Gasteiger charge is -2.06. The second-order valence-electron chi connectivity index (χ2n) is 5.77. The number of rotatable bonds is 3. The molecule has 9 heteroatoms. The summed E-state index contributed by atoms with van der Waals surface area (Å²) in [5.74, 6) is -0.832. The zero-order valence-corrected chi connectivity index (χ0v) is 15.7. The number of halogens is 2. The molecule has 0 saturated carbocycles. The molecule has 0 saturated heterocycles. The zero-order chi connectivity index (χ0) is 19.7. The highest BCUT2D eigenvalue weighted by atomic mass is 35.5. The van der Waals surface area contributed by atoms with Crippen LogP contribution in [0.2, 0.25) is 5.02 Å². The highest BCUT2D eigenvalue weighted by molar-refractivity contribution is 7.17. The number of benzene rings is 2. The molecule has 0 spiro atoms. The topological polar surface area (TPSA) is 76.0 Å². The van der Waals surface area contributed by atoms with Crippen molar-refractivity contribution in [1.29, 1.82) is 0 Å². The van der Waals surface area contributed by atoms with Crippen LogP contribution in [0.3, 0.4) is 0 Å². The molecule has 2 aromatic heterocycles. The highest BCUT2D eigenvalue weighted by Gasteiger charge is 2.19. The third kappa shape index (κ3) is 3.47. The summed E-state index contributed by atoms with van der Waals surface area (Å²) >= 11 is 7.38. The van der Waals surface area contributed by atoms with Crippen molar-refractivity contribution in [1.82, 2.24) is 9.78 Å². The Balaban J connectivity index is 1.63. The van der Waals surface area contributed by atoms with Crippen LogP contribution in [-0.2, 0) is 0 Å². The van der Waals surface area contributed by atoms with Crippen LogP contribution in [0.4, 0.5) is 20.7 Å². The zero-order valence-electron chi connectivity index (χ0n) is 14.1. The minimum atomic E-state index is -0.524. The number of hydrogen-bond acceptors (Lipinski definition) is 4. The van der Waals surface area contributed by atoms with Gasteiger partial charge in [0.25, 0.3) is 5.91 Å². The molecule has 4 rings (SSSR count). The average molecular weight is 415 g/mol. The van der Waals surface area contributed by atoms with E-state index < -0.39 is 17.8 Å².